The Labute approximate surface area is 546 Å². The lowest BCUT2D eigenvalue weighted by Gasteiger charge is -2.08. The van der Waals surface area contributed by atoms with E-state index in [4.69, 9.17) is 22.7 Å². The average molecular weight is 1250 g/mol. The van der Waals surface area contributed by atoms with Gasteiger partial charge in [-0.05, 0) is 140 Å². The van der Waals surface area contributed by atoms with Crippen LogP contribution in [0.5, 0.6) is 5.88 Å². The summed E-state index contributed by atoms with van der Waals surface area (Å²) < 4.78 is 29.3. The van der Waals surface area contributed by atoms with Crippen LogP contribution in [0.2, 0.25) is 0 Å². The van der Waals surface area contributed by atoms with Crippen molar-refractivity contribution in [1.29, 1.82) is 0 Å². The molecule has 1 aliphatic rings. The highest BCUT2D eigenvalue weighted by atomic mass is 32.1. The number of aromatic nitrogens is 8. The summed E-state index contributed by atoms with van der Waals surface area (Å²) in [5, 5.41) is 15.3. The first kappa shape index (κ1) is 79.0. The van der Waals surface area contributed by atoms with Crippen LogP contribution >= 0.6 is 11.3 Å². The topological polar surface area (TPSA) is 161 Å². The summed E-state index contributed by atoms with van der Waals surface area (Å²) in [5.41, 5.74) is 8.86. The van der Waals surface area contributed by atoms with Crippen LogP contribution in [-0.2, 0) is 39.2 Å². The van der Waals surface area contributed by atoms with Crippen molar-refractivity contribution in [3.8, 4) is 5.88 Å². The van der Waals surface area contributed by atoms with Gasteiger partial charge in [-0.2, -0.15) is 4.98 Å². The molecule has 0 bridgehead atoms. The molecule has 1 aromatic carbocycles. The van der Waals surface area contributed by atoms with Crippen LogP contribution in [0.15, 0.2) is 132 Å². The molecule has 8 aromatic heterocycles. The molecule has 15 heteroatoms. The Hall–Kier alpha value is -7.13. The second-order valence-electron chi connectivity index (χ2n) is 26.1. The standard InChI is InChI=1S/2C12H15N.C10H15N.C9H15NO.C8H13NO2.C8H13NO.C8H13NS.C7H12N2O.CH4/c1-9(2)11-6-4-5-10-7-13(3)8-12(10)11;1-9(2)12-6-4-5-11-7-10(3)8-13(11)12;1-8(2)4-6-10-7-5-9(3)11-10;1-7(2)4-5-9-6-8(3)11-10-9;1-6(2)4-7-5-8(10-3)9-11-7;2*1-6(2)4-8-5-9-7(3)10-8;1-5(2)4-7-8-6(3)10-9-7;/h2*4-9H,1-3H3;4,6-8H,5H2,1-3H3;6-7H,4-5H2,1-3H3;5-6H,4H2,1-3H3;2*5-6H,4H2,1-3H3;5H,4H2,1-3H3;1H4/b;;6-4+;;;;;;. The van der Waals surface area contributed by atoms with Crippen LogP contribution in [0.1, 0.15) is 217 Å². The quantitative estimate of drug-likeness (QED) is 0.0905. The monoisotopic (exact) mass is 1250 g/mol. The number of nitrogens with zero attached hydrogens (tertiary/aromatic N) is 9. The number of aryl methyl sites for hydroxylation is 7. The van der Waals surface area contributed by atoms with E-state index < -0.39 is 0 Å². The van der Waals surface area contributed by atoms with E-state index in [-0.39, 0.29) is 7.43 Å². The molecule has 0 atom stereocenters. The van der Waals surface area contributed by atoms with Crippen LogP contribution in [0.3, 0.4) is 0 Å². The minimum atomic E-state index is 0. The average Bonchev–Trinajstić information content (AvgIpc) is 1.73. The number of pyridine rings is 1. The van der Waals surface area contributed by atoms with E-state index >= 15 is 0 Å². The number of hydrogen-bond acceptors (Lipinski definition) is 13. The van der Waals surface area contributed by atoms with E-state index in [1.807, 2.05) is 32.2 Å². The highest BCUT2D eigenvalue weighted by Gasteiger charge is 2.09. The van der Waals surface area contributed by atoms with E-state index in [0.29, 0.717) is 47.3 Å². The molecular weight excluding hydrogens is 1140 g/mol. The summed E-state index contributed by atoms with van der Waals surface area (Å²) in [6, 6.07) is 19.0. The van der Waals surface area contributed by atoms with Crippen molar-refractivity contribution >= 4 is 33.3 Å². The fourth-order valence-corrected chi connectivity index (χ4v) is 10.0. The van der Waals surface area contributed by atoms with Crippen molar-refractivity contribution in [2.24, 2.45) is 47.5 Å². The largest absolute Gasteiger partial charge is 0.479 e. The minimum absolute atomic E-state index is 0. The summed E-state index contributed by atoms with van der Waals surface area (Å²) in [4.78, 5) is 18.0. The molecule has 0 unspecified atom stereocenters. The lowest BCUT2D eigenvalue weighted by atomic mass is 9.99. The zero-order valence-corrected chi connectivity index (χ0v) is 59.7. The predicted molar refractivity (Wildman–Crippen MR) is 378 cm³/mol. The number of oxazole rings is 1. The van der Waals surface area contributed by atoms with Crippen LogP contribution in [0.25, 0.3) is 16.3 Å². The Morgan fingerprint density at radius 2 is 1.31 bits per heavy atom. The number of benzene rings is 1. The van der Waals surface area contributed by atoms with Crippen LogP contribution < -0.4 is 4.74 Å². The molecule has 14 nitrogen and oxygen atoms in total. The fourth-order valence-electron chi connectivity index (χ4n) is 9.01. The number of fused-ring (bicyclic) bond motifs is 2. The summed E-state index contributed by atoms with van der Waals surface area (Å²) in [7, 11) is 3.65. The predicted octanol–water partition coefficient (Wildman–Crippen LogP) is 21.1. The van der Waals surface area contributed by atoms with E-state index in [2.05, 4.69) is 262 Å². The van der Waals surface area contributed by atoms with Crippen LogP contribution in [0, 0.1) is 70.1 Å². The molecule has 0 spiro atoms. The number of thiazole rings is 1. The fraction of sp³-hybridized carbons (Fsp3) is 0.533. The van der Waals surface area contributed by atoms with E-state index in [1.165, 1.54) is 61.5 Å². The second-order valence-corrected chi connectivity index (χ2v) is 27.5. The Balaban J connectivity index is 0.000000351. The maximum absolute atomic E-state index is 5.28. The summed E-state index contributed by atoms with van der Waals surface area (Å²) in [6.45, 7) is 46.9. The first-order valence-corrected chi connectivity index (χ1v) is 32.9. The van der Waals surface area contributed by atoms with Gasteiger partial charge in [0.25, 0.3) is 5.88 Å². The lowest BCUT2D eigenvalue weighted by Crippen LogP contribution is -1.96. The van der Waals surface area contributed by atoms with Crippen LogP contribution in [-0.4, -0.2) is 52.2 Å². The molecule has 9 aromatic rings. The van der Waals surface area contributed by atoms with Gasteiger partial charge in [0.15, 0.2) is 11.7 Å². The van der Waals surface area contributed by atoms with Crippen molar-refractivity contribution < 1.29 is 22.7 Å². The molecule has 0 fully saturated rings. The second kappa shape index (κ2) is 41.3. The first-order chi connectivity index (χ1) is 42.0. The van der Waals surface area contributed by atoms with Gasteiger partial charge < -0.3 is 31.7 Å². The zero-order valence-electron chi connectivity index (χ0n) is 58.9. The van der Waals surface area contributed by atoms with E-state index in [9.17, 15) is 0 Å². The summed E-state index contributed by atoms with van der Waals surface area (Å²) in [5.74, 6) is 10.7. The van der Waals surface area contributed by atoms with Gasteiger partial charge in [0.2, 0.25) is 5.89 Å². The lowest BCUT2D eigenvalue weighted by molar-refractivity contribution is 0.321. The Morgan fingerprint density at radius 1 is 0.644 bits per heavy atom. The number of ether oxygens (including phenoxy) is 1. The molecule has 90 heavy (non-hydrogen) atoms. The number of hydrogen-bond donors (Lipinski definition) is 0. The molecule has 0 radical (unpaired) electrons. The smallest absolute Gasteiger partial charge is 0.254 e. The van der Waals surface area contributed by atoms with Crippen molar-refractivity contribution in [3.63, 3.8) is 0 Å². The third kappa shape index (κ3) is 32.1. The third-order valence-electron chi connectivity index (χ3n) is 13.2. The van der Waals surface area contributed by atoms with Gasteiger partial charge in [0.1, 0.15) is 17.3 Å². The number of allylic oxidation sites excluding steroid dienone is 3. The van der Waals surface area contributed by atoms with Gasteiger partial charge in [0.05, 0.1) is 29.7 Å². The van der Waals surface area contributed by atoms with Gasteiger partial charge in [0, 0.05) is 111 Å². The number of methoxy groups -OCH3 is 1. The summed E-state index contributed by atoms with van der Waals surface area (Å²) in [6.07, 6.45) is 24.0. The maximum Gasteiger partial charge on any atom is 0.254 e. The van der Waals surface area contributed by atoms with E-state index in [1.54, 1.807) is 31.6 Å². The van der Waals surface area contributed by atoms with Gasteiger partial charge in [-0.25, -0.2) is 9.97 Å². The molecule has 0 amide bonds. The van der Waals surface area contributed by atoms with E-state index in [0.717, 1.165) is 84.3 Å². The van der Waals surface area contributed by atoms with Crippen molar-refractivity contribution in [2.75, 3.05) is 7.11 Å². The third-order valence-corrected chi connectivity index (χ3v) is 14.1. The van der Waals surface area contributed by atoms with Gasteiger partial charge in [-0.3, -0.25) is 4.99 Å². The maximum atomic E-state index is 5.28. The molecule has 1 aliphatic heterocycles. The normalized spacial score (nSPS) is 11.7. The molecule has 0 saturated carbocycles. The molecule has 0 saturated heterocycles. The number of aliphatic imine (C=N–C) groups is 1. The highest BCUT2D eigenvalue weighted by molar-refractivity contribution is 7.11. The number of rotatable bonds is 16. The zero-order chi connectivity index (χ0) is 66.3. The minimum Gasteiger partial charge on any atom is -0.479 e. The SMILES string of the molecule is C.CC(C)c1cccc2cn(C)cc12.CC1=NC(/C=C/C(C)C)=CC1.COc1cc(CC(C)C)on1.Cc1cc(CCC(C)C)no1.Cc1cc2cccc(C(C)C)n2c1.Cc1nc(CC(C)C)no1.Cc1ncc(CC(C)C)o1.Cc1ncc(CC(C)C)s1. The Morgan fingerprint density at radius 3 is 1.81 bits per heavy atom. The molecule has 9 heterocycles. The van der Waals surface area contributed by atoms with Gasteiger partial charge in [-0.15, -0.1) is 11.3 Å². The molecule has 496 valence electrons. The van der Waals surface area contributed by atoms with Crippen LogP contribution in [0.4, 0.5) is 0 Å². The molecular formula is C75H115N9O5S. The molecule has 0 aliphatic carbocycles. The first-order valence-electron chi connectivity index (χ1n) is 32.1. The van der Waals surface area contributed by atoms with Crippen molar-refractivity contribution in [2.45, 2.75) is 217 Å². The highest BCUT2D eigenvalue weighted by Crippen LogP contribution is 2.26. The molecule has 10 rings (SSSR count). The summed E-state index contributed by atoms with van der Waals surface area (Å²) >= 11 is 1.80. The Kier molecular flexibility index (Phi) is 36.2. The van der Waals surface area contributed by atoms with Gasteiger partial charge in [-0.1, -0.05) is 165 Å². The van der Waals surface area contributed by atoms with Crippen molar-refractivity contribution in [3.05, 3.63) is 177 Å². The Bertz CT molecular complexity index is 3260. The van der Waals surface area contributed by atoms with Gasteiger partial charge >= 0.3 is 0 Å². The van der Waals surface area contributed by atoms with Crippen molar-refractivity contribution in [1.82, 2.24) is 39.4 Å². The molecule has 0 N–H and O–H groups in total.